The zero-order valence-corrected chi connectivity index (χ0v) is 10.6. The van der Waals surface area contributed by atoms with Crippen LogP contribution in [0.15, 0.2) is 33.3 Å². The molecule has 0 atom stereocenters. The van der Waals surface area contributed by atoms with Crippen LogP contribution in [0.3, 0.4) is 0 Å². The lowest BCUT2D eigenvalue weighted by atomic mass is 10.2. The largest absolute Gasteiger partial charge is 0.496 e. The van der Waals surface area contributed by atoms with Crippen molar-refractivity contribution in [1.29, 1.82) is 0 Å². The van der Waals surface area contributed by atoms with Gasteiger partial charge in [0.15, 0.2) is 0 Å². The molecule has 72 valence electrons. The molecule has 0 aliphatic carbocycles. The van der Waals surface area contributed by atoms with E-state index in [0.29, 0.717) is 0 Å². The van der Waals surface area contributed by atoms with Gasteiger partial charge < -0.3 is 4.74 Å². The van der Waals surface area contributed by atoms with Crippen molar-refractivity contribution in [2.24, 2.45) is 0 Å². The highest BCUT2D eigenvalue weighted by Gasteiger charge is 2.06. The third-order valence-corrected chi connectivity index (χ3v) is 3.20. The number of aromatic nitrogens is 1. The molecule has 2 aromatic rings. The van der Waals surface area contributed by atoms with Crippen LogP contribution in [0.25, 0.3) is 10.9 Å². The van der Waals surface area contributed by atoms with Crippen LogP contribution in [0.1, 0.15) is 0 Å². The number of fused-ring (bicyclic) bond motifs is 1. The molecule has 2 nitrogen and oxygen atoms in total. The molecule has 0 aliphatic rings. The fourth-order valence-corrected chi connectivity index (χ4v) is 2.22. The fourth-order valence-electron chi connectivity index (χ4n) is 1.28. The molecule has 0 unspecified atom stereocenters. The summed E-state index contributed by atoms with van der Waals surface area (Å²) in [7, 11) is 1.65. The Morgan fingerprint density at radius 2 is 2.07 bits per heavy atom. The first kappa shape index (κ1) is 9.93. The molecule has 2 rings (SSSR count). The molecule has 0 N–H and O–H groups in total. The van der Waals surface area contributed by atoms with E-state index in [9.17, 15) is 0 Å². The highest BCUT2D eigenvalue weighted by atomic mass is 79.9. The van der Waals surface area contributed by atoms with Gasteiger partial charge >= 0.3 is 0 Å². The lowest BCUT2D eigenvalue weighted by molar-refractivity contribution is 0.413. The summed E-state index contributed by atoms with van der Waals surface area (Å²) in [4.78, 5) is 4.28. The number of halogens is 2. The van der Waals surface area contributed by atoms with E-state index in [1.54, 1.807) is 13.3 Å². The normalized spacial score (nSPS) is 10.5. The van der Waals surface area contributed by atoms with Crippen LogP contribution >= 0.6 is 31.9 Å². The molecule has 0 aliphatic heterocycles. The van der Waals surface area contributed by atoms with Crippen molar-refractivity contribution in [3.8, 4) is 5.75 Å². The number of pyridine rings is 1. The fraction of sp³-hybridized carbons (Fsp3) is 0.100. The van der Waals surface area contributed by atoms with E-state index in [1.165, 1.54) is 0 Å². The van der Waals surface area contributed by atoms with E-state index < -0.39 is 0 Å². The van der Waals surface area contributed by atoms with Gasteiger partial charge in [0, 0.05) is 16.1 Å². The van der Waals surface area contributed by atoms with E-state index in [4.69, 9.17) is 4.74 Å². The van der Waals surface area contributed by atoms with Crippen molar-refractivity contribution in [2.45, 2.75) is 0 Å². The lowest BCUT2D eigenvalue weighted by Crippen LogP contribution is -1.86. The van der Waals surface area contributed by atoms with E-state index >= 15 is 0 Å². The van der Waals surface area contributed by atoms with E-state index in [0.717, 1.165) is 25.6 Å². The zero-order valence-electron chi connectivity index (χ0n) is 7.42. The van der Waals surface area contributed by atoms with Crippen molar-refractivity contribution in [3.63, 3.8) is 0 Å². The Bertz CT molecular complexity index is 485. The van der Waals surface area contributed by atoms with E-state index in [2.05, 4.69) is 36.8 Å². The molecule has 0 radical (unpaired) electrons. The topological polar surface area (TPSA) is 22.1 Å². The number of benzene rings is 1. The molecule has 0 saturated heterocycles. The summed E-state index contributed by atoms with van der Waals surface area (Å²) in [5.41, 5.74) is 0.945. The molecule has 0 fully saturated rings. The van der Waals surface area contributed by atoms with Crippen LogP contribution in [-0.4, -0.2) is 12.1 Å². The van der Waals surface area contributed by atoms with Gasteiger partial charge in [0.05, 0.1) is 17.1 Å². The summed E-state index contributed by atoms with van der Waals surface area (Å²) in [5, 5.41) is 1.04. The Kier molecular flexibility index (Phi) is 2.74. The van der Waals surface area contributed by atoms with Gasteiger partial charge in [-0.2, -0.15) is 0 Å². The SMILES string of the molecule is COc1ccc2ncc(Br)cc2c1Br. The van der Waals surface area contributed by atoms with Crippen molar-refractivity contribution in [3.05, 3.63) is 33.3 Å². The minimum absolute atomic E-state index is 0.817. The molecule has 0 saturated carbocycles. The lowest BCUT2D eigenvalue weighted by Gasteiger charge is -2.06. The average Bonchev–Trinajstić information content (AvgIpc) is 2.20. The summed E-state index contributed by atoms with van der Waals surface area (Å²) in [6, 6.07) is 5.84. The van der Waals surface area contributed by atoms with Gasteiger partial charge in [-0.05, 0) is 50.1 Å². The van der Waals surface area contributed by atoms with Gasteiger partial charge in [-0.15, -0.1) is 0 Å². The second kappa shape index (κ2) is 3.87. The highest BCUT2D eigenvalue weighted by molar-refractivity contribution is 9.11. The predicted molar refractivity (Wildman–Crippen MR) is 63.7 cm³/mol. The third kappa shape index (κ3) is 1.64. The quantitative estimate of drug-likeness (QED) is 0.799. The number of rotatable bonds is 1. The van der Waals surface area contributed by atoms with Crippen molar-refractivity contribution in [1.82, 2.24) is 4.98 Å². The van der Waals surface area contributed by atoms with Gasteiger partial charge in [-0.25, -0.2) is 0 Å². The number of ether oxygens (including phenoxy) is 1. The molecule has 0 amide bonds. The Labute approximate surface area is 98.5 Å². The third-order valence-electron chi connectivity index (χ3n) is 1.95. The Hall–Kier alpha value is -0.610. The Balaban J connectivity index is 2.79. The molecule has 0 spiro atoms. The Morgan fingerprint density at radius 3 is 2.79 bits per heavy atom. The second-order valence-electron chi connectivity index (χ2n) is 2.80. The standard InChI is InChI=1S/C10H7Br2NO/c1-14-9-3-2-8-7(10(9)12)4-6(11)5-13-8/h2-5H,1H3. The minimum atomic E-state index is 0.817. The number of methoxy groups -OCH3 is 1. The zero-order chi connectivity index (χ0) is 10.1. The molecule has 1 aromatic heterocycles. The molecule has 4 heteroatoms. The van der Waals surface area contributed by atoms with Crippen LogP contribution < -0.4 is 4.74 Å². The van der Waals surface area contributed by atoms with E-state index in [1.807, 2.05) is 18.2 Å². The van der Waals surface area contributed by atoms with Gasteiger partial charge in [0.25, 0.3) is 0 Å². The molecule has 1 heterocycles. The monoisotopic (exact) mass is 315 g/mol. The summed E-state index contributed by atoms with van der Waals surface area (Å²) < 4.78 is 7.10. The first-order valence-electron chi connectivity index (χ1n) is 4.00. The van der Waals surface area contributed by atoms with Crippen molar-refractivity contribution in [2.75, 3.05) is 7.11 Å². The van der Waals surface area contributed by atoms with Crippen LogP contribution in [0.4, 0.5) is 0 Å². The Morgan fingerprint density at radius 1 is 1.29 bits per heavy atom. The molecule has 0 bridgehead atoms. The summed E-state index contributed by atoms with van der Waals surface area (Å²) in [6.45, 7) is 0. The van der Waals surface area contributed by atoms with Crippen LogP contribution in [0.5, 0.6) is 5.75 Å². The average molecular weight is 317 g/mol. The minimum Gasteiger partial charge on any atom is -0.496 e. The smallest absolute Gasteiger partial charge is 0.133 e. The molecule has 1 aromatic carbocycles. The van der Waals surface area contributed by atoms with Crippen LogP contribution in [-0.2, 0) is 0 Å². The van der Waals surface area contributed by atoms with Crippen molar-refractivity contribution < 1.29 is 4.74 Å². The van der Waals surface area contributed by atoms with Crippen molar-refractivity contribution >= 4 is 42.8 Å². The van der Waals surface area contributed by atoms with Gasteiger partial charge in [0.2, 0.25) is 0 Å². The van der Waals surface area contributed by atoms with Gasteiger partial charge in [-0.3, -0.25) is 4.98 Å². The number of hydrogen-bond donors (Lipinski definition) is 0. The second-order valence-corrected chi connectivity index (χ2v) is 4.51. The molecular weight excluding hydrogens is 310 g/mol. The summed E-state index contributed by atoms with van der Waals surface area (Å²) >= 11 is 6.88. The maximum Gasteiger partial charge on any atom is 0.133 e. The first-order valence-corrected chi connectivity index (χ1v) is 5.58. The van der Waals surface area contributed by atoms with Crippen LogP contribution in [0.2, 0.25) is 0 Å². The molecular formula is C10H7Br2NO. The summed E-state index contributed by atoms with van der Waals surface area (Å²) in [5.74, 6) is 0.817. The number of nitrogens with zero attached hydrogens (tertiary/aromatic N) is 1. The van der Waals surface area contributed by atoms with Gasteiger partial charge in [-0.1, -0.05) is 0 Å². The maximum absolute atomic E-state index is 5.20. The highest BCUT2D eigenvalue weighted by Crippen LogP contribution is 2.33. The summed E-state index contributed by atoms with van der Waals surface area (Å²) in [6.07, 6.45) is 1.78. The first-order chi connectivity index (χ1) is 6.72. The molecule has 14 heavy (non-hydrogen) atoms. The van der Waals surface area contributed by atoms with Crippen LogP contribution in [0, 0.1) is 0 Å². The predicted octanol–water partition coefficient (Wildman–Crippen LogP) is 3.77. The maximum atomic E-state index is 5.20. The van der Waals surface area contributed by atoms with E-state index in [-0.39, 0.29) is 0 Å². The number of hydrogen-bond acceptors (Lipinski definition) is 2. The van der Waals surface area contributed by atoms with Gasteiger partial charge in [0.1, 0.15) is 5.75 Å².